The highest BCUT2D eigenvalue weighted by Crippen LogP contribution is 2.32. The molecule has 1 aliphatic heterocycles. The van der Waals surface area contributed by atoms with Gasteiger partial charge in [-0.2, -0.15) is 4.98 Å². The Bertz CT molecular complexity index is 410. The van der Waals surface area contributed by atoms with Crippen molar-refractivity contribution in [3.63, 3.8) is 0 Å². The lowest BCUT2D eigenvalue weighted by molar-refractivity contribution is 0.306. The summed E-state index contributed by atoms with van der Waals surface area (Å²) in [6.45, 7) is 7.01. The lowest BCUT2D eigenvalue weighted by Gasteiger charge is -2.20. The molecule has 0 aliphatic carbocycles. The maximum atomic E-state index is 6.13. The quantitative estimate of drug-likeness (QED) is 0.855. The molecule has 2 rings (SSSR count). The third-order valence-electron chi connectivity index (χ3n) is 3.55. The van der Waals surface area contributed by atoms with E-state index in [1.807, 2.05) is 0 Å². The van der Waals surface area contributed by atoms with Crippen LogP contribution in [0.25, 0.3) is 0 Å². The number of nitrogen functional groups attached to an aromatic ring is 1. The molecule has 0 aromatic carbocycles. The number of hydrogen-bond donors (Lipinski definition) is 1. The van der Waals surface area contributed by atoms with Gasteiger partial charge in [0, 0.05) is 13.1 Å². The van der Waals surface area contributed by atoms with Crippen LogP contribution in [0.2, 0.25) is 0 Å². The van der Waals surface area contributed by atoms with E-state index in [-0.39, 0.29) is 0 Å². The minimum atomic E-state index is 0.519. The van der Waals surface area contributed by atoms with Crippen LogP contribution in [0.15, 0.2) is 6.33 Å². The molecule has 0 bridgehead atoms. The summed E-state index contributed by atoms with van der Waals surface area (Å²) in [4.78, 5) is 10.7. The van der Waals surface area contributed by atoms with E-state index in [0.717, 1.165) is 31.2 Å². The van der Waals surface area contributed by atoms with Crippen LogP contribution in [0.3, 0.4) is 0 Å². The van der Waals surface area contributed by atoms with Gasteiger partial charge in [0.05, 0.1) is 6.61 Å². The first-order chi connectivity index (χ1) is 9.26. The fraction of sp³-hybridized carbons (Fsp3) is 0.714. The van der Waals surface area contributed by atoms with E-state index in [9.17, 15) is 0 Å². The molecule has 1 fully saturated rings. The molecule has 1 aliphatic rings. The van der Waals surface area contributed by atoms with Gasteiger partial charge in [0.2, 0.25) is 5.88 Å². The van der Waals surface area contributed by atoms with Gasteiger partial charge in [-0.1, -0.05) is 20.3 Å². The summed E-state index contributed by atoms with van der Waals surface area (Å²) < 4.78 is 5.56. The first-order valence-corrected chi connectivity index (χ1v) is 7.24. The van der Waals surface area contributed by atoms with Gasteiger partial charge in [-0.15, -0.1) is 0 Å². The molecule has 106 valence electrons. The molecule has 1 saturated heterocycles. The lowest BCUT2D eigenvalue weighted by Crippen LogP contribution is -2.22. The van der Waals surface area contributed by atoms with Crippen molar-refractivity contribution in [1.82, 2.24) is 9.97 Å². The summed E-state index contributed by atoms with van der Waals surface area (Å²) in [5, 5.41) is 0. The molecule has 5 heteroatoms. The van der Waals surface area contributed by atoms with Gasteiger partial charge < -0.3 is 15.4 Å². The van der Waals surface area contributed by atoms with Gasteiger partial charge in [0.25, 0.3) is 0 Å². The Labute approximate surface area is 115 Å². The number of aromatic nitrogens is 2. The third-order valence-corrected chi connectivity index (χ3v) is 3.55. The molecule has 5 nitrogen and oxygen atoms in total. The van der Waals surface area contributed by atoms with Crippen LogP contribution in [0.1, 0.15) is 39.5 Å². The van der Waals surface area contributed by atoms with Crippen LogP contribution >= 0.6 is 0 Å². The van der Waals surface area contributed by atoms with Crippen molar-refractivity contribution in [3.05, 3.63) is 6.33 Å². The Morgan fingerprint density at radius 2 is 2.21 bits per heavy atom. The maximum absolute atomic E-state index is 6.13. The Morgan fingerprint density at radius 1 is 1.37 bits per heavy atom. The minimum Gasteiger partial charge on any atom is -0.476 e. The van der Waals surface area contributed by atoms with Crippen molar-refractivity contribution < 1.29 is 4.74 Å². The van der Waals surface area contributed by atoms with Crippen LogP contribution < -0.4 is 15.4 Å². The summed E-state index contributed by atoms with van der Waals surface area (Å²) in [6, 6.07) is 0. The molecule has 0 spiro atoms. The molecule has 2 N–H and O–H groups in total. The Balaban J connectivity index is 2.08. The van der Waals surface area contributed by atoms with Crippen LogP contribution in [0.5, 0.6) is 5.88 Å². The second kappa shape index (κ2) is 6.59. The van der Waals surface area contributed by atoms with Crippen molar-refractivity contribution in [2.24, 2.45) is 5.92 Å². The Morgan fingerprint density at radius 3 is 2.95 bits per heavy atom. The van der Waals surface area contributed by atoms with E-state index in [4.69, 9.17) is 10.5 Å². The summed E-state index contributed by atoms with van der Waals surface area (Å²) in [6.07, 6.45) is 6.23. The third kappa shape index (κ3) is 3.28. The van der Waals surface area contributed by atoms with Crippen molar-refractivity contribution >= 4 is 11.5 Å². The minimum absolute atomic E-state index is 0.519. The van der Waals surface area contributed by atoms with Gasteiger partial charge in [0.1, 0.15) is 12.0 Å². The number of ether oxygens (including phenoxy) is 1. The van der Waals surface area contributed by atoms with Gasteiger partial charge in [-0.05, 0) is 25.2 Å². The fourth-order valence-corrected chi connectivity index (χ4v) is 2.61. The molecule has 0 amide bonds. The Hall–Kier alpha value is -1.52. The molecule has 1 unspecified atom stereocenters. The van der Waals surface area contributed by atoms with Crippen molar-refractivity contribution in [3.8, 4) is 5.88 Å². The largest absolute Gasteiger partial charge is 0.476 e. The average molecular weight is 264 g/mol. The fourth-order valence-electron chi connectivity index (χ4n) is 2.61. The number of nitrogens with two attached hydrogens (primary N) is 1. The number of hydrogen-bond acceptors (Lipinski definition) is 5. The second-order valence-corrected chi connectivity index (χ2v) is 5.15. The lowest BCUT2D eigenvalue weighted by atomic mass is 10.0. The number of rotatable bonds is 6. The van der Waals surface area contributed by atoms with Crippen molar-refractivity contribution in [2.75, 3.05) is 30.3 Å². The zero-order chi connectivity index (χ0) is 13.7. The highest BCUT2D eigenvalue weighted by atomic mass is 16.5. The van der Waals surface area contributed by atoms with Crippen LogP contribution in [0.4, 0.5) is 11.5 Å². The summed E-state index contributed by atoms with van der Waals surface area (Å²) in [7, 11) is 0. The number of nitrogens with zero attached hydrogens (tertiary/aromatic N) is 3. The van der Waals surface area contributed by atoms with E-state index in [0.29, 0.717) is 18.2 Å². The van der Waals surface area contributed by atoms with Gasteiger partial charge in [-0.25, -0.2) is 4.98 Å². The molecule has 1 atom stereocenters. The first-order valence-electron chi connectivity index (χ1n) is 7.24. The monoisotopic (exact) mass is 264 g/mol. The molecule has 1 aromatic heterocycles. The standard InChI is InChI=1S/C14H24N4O/c1-3-5-11-6-7-18(9-11)13-12(15)14(17-10-16-13)19-8-4-2/h10-11H,3-9,15H2,1-2H3. The maximum Gasteiger partial charge on any atom is 0.242 e. The van der Waals surface area contributed by atoms with E-state index in [2.05, 4.69) is 28.7 Å². The highest BCUT2D eigenvalue weighted by Gasteiger charge is 2.25. The molecule has 0 radical (unpaired) electrons. The van der Waals surface area contributed by atoms with Gasteiger partial charge in [0.15, 0.2) is 5.82 Å². The first kappa shape index (κ1) is 13.9. The zero-order valence-corrected chi connectivity index (χ0v) is 11.9. The van der Waals surface area contributed by atoms with Gasteiger partial charge in [-0.3, -0.25) is 0 Å². The van der Waals surface area contributed by atoms with Gasteiger partial charge >= 0.3 is 0 Å². The molecule has 2 heterocycles. The molecule has 1 aromatic rings. The predicted molar refractivity (Wildman–Crippen MR) is 77.5 cm³/mol. The van der Waals surface area contributed by atoms with Crippen LogP contribution in [0, 0.1) is 5.92 Å². The predicted octanol–water partition coefficient (Wildman–Crippen LogP) is 2.47. The SMILES string of the molecule is CCCOc1ncnc(N2CCC(CCC)C2)c1N. The summed E-state index contributed by atoms with van der Waals surface area (Å²) >= 11 is 0. The van der Waals surface area contributed by atoms with E-state index in [1.165, 1.54) is 19.3 Å². The van der Waals surface area contributed by atoms with E-state index < -0.39 is 0 Å². The summed E-state index contributed by atoms with van der Waals surface area (Å²) in [5.74, 6) is 2.12. The molecular weight excluding hydrogens is 240 g/mol. The van der Waals surface area contributed by atoms with E-state index in [1.54, 1.807) is 6.33 Å². The molecule has 0 saturated carbocycles. The average Bonchev–Trinajstić information content (AvgIpc) is 2.86. The Kier molecular flexibility index (Phi) is 4.82. The van der Waals surface area contributed by atoms with Crippen LogP contribution in [-0.2, 0) is 0 Å². The highest BCUT2D eigenvalue weighted by molar-refractivity contribution is 5.68. The smallest absolute Gasteiger partial charge is 0.242 e. The van der Waals surface area contributed by atoms with Crippen molar-refractivity contribution in [1.29, 1.82) is 0 Å². The van der Waals surface area contributed by atoms with Crippen LogP contribution in [-0.4, -0.2) is 29.7 Å². The molecular formula is C14H24N4O. The topological polar surface area (TPSA) is 64.3 Å². The zero-order valence-electron chi connectivity index (χ0n) is 11.9. The second-order valence-electron chi connectivity index (χ2n) is 5.15. The normalized spacial score (nSPS) is 18.8. The van der Waals surface area contributed by atoms with Crippen molar-refractivity contribution in [2.45, 2.75) is 39.5 Å². The summed E-state index contributed by atoms with van der Waals surface area (Å²) in [5.41, 5.74) is 6.71. The number of anilines is 2. The molecule has 19 heavy (non-hydrogen) atoms. The van der Waals surface area contributed by atoms with E-state index >= 15 is 0 Å².